The maximum atomic E-state index is 12.2. The summed E-state index contributed by atoms with van der Waals surface area (Å²) in [6, 6.07) is 12.3. The van der Waals surface area contributed by atoms with Crippen LogP contribution in [0.15, 0.2) is 42.5 Å². The Hall–Kier alpha value is -1.71. The number of rotatable bonds is 2. The molecule has 0 saturated carbocycles. The second-order valence-electron chi connectivity index (χ2n) is 6.00. The van der Waals surface area contributed by atoms with Crippen molar-refractivity contribution in [2.75, 3.05) is 10.6 Å². The fraction of sp³-hybridized carbons (Fsp3) is 0.235. The SMILES string of the molecule is CC(C)(C)c1ccccc1NC(=O)Nc1cc(Cl)ccc1Cl. The Bertz CT molecular complexity index is 693. The third kappa shape index (κ3) is 4.15. The number of nitrogens with one attached hydrogen (secondary N) is 2. The summed E-state index contributed by atoms with van der Waals surface area (Å²) >= 11 is 12.0. The van der Waals surface area contributed by atoms with Crippen LogP contribution in [0, 0.1) is 0 Å². The number of benzene rings is 2. The first-order valence-corrected chi connectivity index (χ1v) is 7.65. The molecule has 2 aromatic rings. The largest absolute Gasteiger partial charge is 0.323 e. The van der Waals surface area contributed by atoms with Crippen molar-refractivity contribution in [3.05, 3.63) is 58.1 Å². The van der Waals surface area contributed by atoms with E-state index in [0.717, 1.165) is 11.3 Å². The Labute approximate surface area is 140 Å². The van der Waals surface area contributed by atoms with Gasteiger partial charge in [0.1, 0.15) is 0 Å². The zero-order valence-electron chi connectivity index (χ0n) is 12.7. The highest BCUT2D eigenvalue weighted by Crippen LogP contribution is 2.30. The molecule has 2 amide bonds. The lowest BCUT2D eigenvalue weighted by Gasteiger charge is -2.23. The molecule has 0 saturated heterocycles. The lowest BCUT2D eigenvalue weighted by atomic mass is 9.86. The molecule has 0 unspecified atom stereocenters. The van der Waals surface area contributed by atoms with Gasteiger partial charge in [0, 0.05) is 10.7 Å². The topological polar surface area (TPSA) is 41.1 Å². The van der Waals surface area contributed by atoms with Crippen molar-refractivity contribution in [1.82, 2.24) is 0 Å². The van der Waals surface area contributed by atoms with Crippen LogP contribution < -0.4 is 10.6 Å². The number of halogens is 2. The van der Waals surface area contributed by atoms with Gasteiger partial charge in [-0.25, -0.2) is 4.79 Å². The smallest absolute Gasteiger partial charge is 0.307 e. The van der Waals surface area contributed by atoms with Gasteiger partial charge in [-0.15, -0.1) is 0 Å². The Morgan fingerprint density at radius 1 is 0.955 bits per heavy atom. The van der Waals surface area contributed by atoms with Crippen molar-refractivity contribution in [3.63, 3.8) is 0 Å². The van der Waals surface area contributed by atoms with Crippen LogP contribution >= 0.6 is 23.2 Å². The van der Waals surface area contributed by atoms with E-state index in [0.29, 0.717) is 15.7 Å². The second-order valence-corrected chi connectivity index (χ2v) is 6.84. The summed E-state index contributed by atoms with van der Waals surface area (Å²) in [6.45, 7) is 6.29. The minimum atomic E-state index is -0.360. The maximum Gasteiger partial charge on any atom is 0.323 e. The molecule has 0 heterocycles. The lowest BCUT2D eigenvalue weighted by Crippen LogP contribution is -2.23. The van der Waals surface area contributed by atoms with Crippen LogP contribution in [0.4, 0.5) is 16.2 Å². The number of amides is 2. The van der Waals surface area contributed by atoms with Crippen molar-refractivity contribution in [1.29, 1.82) is 0 Å². The third-order valence-corrected chi connectivity index (χ3v) is 3.72. The molecule has 0 bridgehead atoms. The third-order valence-electron chi connectivity index (χ3n) is 3.16. The van der Waals surface area contributed by atoms with Crippen LogP contribution in [0.2, 0.25) is 10.0 Å². The van der Waals surface area contributed by atoms with Gasteiger partial charge in [0.05, 0.1) is 10.7 Å². The quantitative estimate of drug-likeness (QED) is 0.700. The zero-order chi connectivity index (χ0) is 16.3. The standard InChI is InChI=1S/C17H18Cl2N2O/c1-17(2,3)12-6-4-5-7-14(12)20-16(22)21-15-10-11(18)8-9-13(15)19/h4-10H,1-3H3,(H2,20,21,22). The average molecular weight is 337 g/mol. The lowest BCUT2D eigenvalue weighted by molar-refractivity contribution is 0.262. The fourth-order valence-electron chi connectivity index (χ4n) is 2.12. The molecule has 116 valence electrons. The zero-order valence-corrected chi connectivity index (χ0v) is 14.2. The number of carbonyl (C=O) groups is 1. The molecule has 5 heteroatoms. The minimum absolute atomic E-state index is 0.0719. The molecule has 22 heavy (non-hydrogen) atoms. The van der Waals surface area contributed by atoms with Crippen LogP contribution in [-0.2, 0) is 5.41 Å². The van der Waals surface area contributed by atoms with Crippen LogP contribution in [0.5, 0.6) is 0 Å². The van der Waals surface area contributed by atoms with Gasteiger partial charge >= 0.3 is 6.03 Å². The van der Waals surface area contributed by atoms with E-state index in [1.54, 1.807) is 18.2 Å². The van der Waals surface area contributed by atoms with E-state index in [1.165, 1.54) is 0 Å². The highest BCUT2D eigenvalue weighted by Gasteiger charge is 2.18. The van der Waals surface area contributed by atoms with Gasteiger partial charge in [0.2, 0.25) is 0 Å². The van der Waals surface area contributed by atoms with Crippen molar-refractivity contribution < 1.29 is 4.79 Å². The second kappa shape index (κ2) is 6.59. The summed E-state index contributed by atoms with van der Waals surface area (Å²) < 4.78 is 0. The van der Waals surface area contributed by atoms with Gasteiger partial charge in [-0.3, -0.25) is 0 Å². The van der Waals surface area contributed by atoms with Gasteiger partial charge in [-0.05, 0) is 35.2 Å². The van der Waals surface area contributed by atoms with Crippen molar-refractivity contribution >= 4 is 40.6 Å². The van der Waals surface area contributed by atoms with E-state index in [9.17, 15) is 4.79 Å². The number of urea groups is 1. The van der Waals surface area contributed by atoms with Gasteiger partial charge in [-0.2, -0.15) is 0 Å². The first-order chi connectivity index (χ1) is 10.3. The molecule has 0 spiro atoms. The minimum Gasteiger partial charge on any atom is -0.307 e. The van der Waals surface area contributed by atoms with E-state index >= 15 is 0 Å². The van der Waals surface area contributed by atoms with E-state index in [2.05, 4.69) is 31.4 Å². The molecule has 0 radical (unpaired) electrons. The molecule has 2 rings (SSSR count). The molecule has 0 aliphatic heterocycles. The molecule has 0 aliphatic rings. The molecule has 2 aromatic carbocycles. The first-order valence-electron chi connectivity index (χ1n) is 6.90. The van der Waals surface area contributed by atoms with Gasteiger partial charge in [0.15, 0.2) is 0 Å². The van der Waals surface area contributed by atoms with Crippen LogP contribution in [0.1, 0.15) is 26.3 Å². The first kappa shape index (κ1) is 16.7. The number of carbonyl (C=O) groups excluding carboxylic acids is 1. The van der Waals surface area contributed by atoms with Crippen molar-refractivity contribution in [3.8, 4) is 0 Å². The highest BCUT2D eigenvalue weighted by atomic mass is 35.5. The molecule has 0 atom stereocenters. The summed E-state index contributed by atoms with van der Waals surface area (Å²) in [4.78, 5) is 12.2. The van der Waals surface area contributed by atoms with Gasteiger partial charge in [-0.1, -0.05) is 62.2 Å². The van der Waals surface area contributed by atoms with Crippen LogP contribution in [0.25, 0.3) is 0 Å². The predicted octanol–water partition coefficient (Wildman–Crippen LogP) is 5.93. The Morgan fingerprint density at radius 2 is 1.59 bits per heavy atom. The van der Waals surface area contributed by atoms with Gasteiger partial charge < -0.3 is 10.6 Å². The monoisotopic (exact) mass is 336 g/mol. The summed E-state index contributed by atoms with van der Waals surface area (Å²) in [6.07, 6.45) is 0. The summed E-state index contributed by atoms with van der Waals surface area (Å²) in [7, 11) is 0. The number of para-hydroxylation sites is 1. The molecular formula is C17H18Cl2N2O. The van der Waals surface area contributed by atoms with Crippen LogP contribution in [-0.4, -0.2) is 6.03 Å². The van der Waals surface area contributed by atoms with E-state index in [-0.39, 0.29) is 11.4 Å². The van der Waals surface area contributed by atoms with E-state index in [1.807, 2.05) is 24.3 Å². The van der Waals surface area contributed by atoms with E-state index in [4.69, 9.17) is 23.2 Å². The number of hydrogen-bond donors (Lipinski definition) is 2. The van der Waals surface area contributed by atoms with Crippen molar-refractivity contribution in [2.45, 2.75) is 26.2 Å². The summed E-state index contributed by atoms with van der Waals surface area (Å²) in [5.74, 6) is 0. The molecule has 2 N–H and O–H groups in total. The average Bonchev–Trinajstić information content (AvgIpc) is 2.42. The maximum absolute atomic E-state index is 12.2. The van der Waals surface area contributed by atoms with E-state index < -0.39 is 0 Å². The van der Waals surface area contributed by atoms with Crippen LogP contribution in [0.3, 0.4) is 0 Å². The molecule has 0 fully saturated rings. The Morgan fingerprint density at radius 3 is 2.27 bits per heavy atom. The molecule has 0 aromatic heterocycles. The Kier molecular flexibility index (Phi) is 4.99. The summed E-state index contributed by atoms with van der Waals surface area (Å²) in [5, 5.41) is 6.52. The molecular weight excluding hydrogens is 319 g/mol. The molecule has 3 nitrogen and oxygen atoms in total. The number of anilines is 2. The predicted molar refractivity (Wildman–Crippen MR) is 94.2 cm³/mol. The Balaban J connectivity index is 2.18. The molecule has 0 aliphatic carbocycles. The number of hydrogen-bond acceptors (Lipinski definition) is 1. The normalized spacial score (nSPS) is 11.1. The fourth-order valence-corrected chi connectivity index (χ4v) is 2.45. The van der Waals surface area contributed by atoms with Gasteiger partial charge in [0.25, 0.3) is 0 Å². The van der Waals surface area contributed by atoms with Crippen molar-refractivity contribution in [2.24, 2.45) is 0 Å². The highest BCUT2D eigenvalue weighted by molar-refractivity contribution is 6.35. The summed E-state index contributed by atoms with van der Waals surface area (Å²) in [5.41, 5.74) is 2.23.